The van der Waals surface area contributed by atoms with Crippen molar-refractivity contribution in [2.24, 2.45) is 0 Å². The van der Waals surface area contributed by atoms with Crippen LogP contribution in [0.5, 0.6) is 11.5 Å². The number of ether oxygens (including phenoxy) is 2. The van der Waals surface area contributed by atoms with E-state index in [1.165, 1.54) is 12.1 Å². The van der Waals surface area contributed by atoms with Gasteiger partial charge in [-0.15, -0.1) is 0 Å². The van der Waals surface area contributed by atoms with E-state index in [2.05, 4.69) is 10.6 Å². The van der Waals surface area contributed by atoms with Crippen molar-refractivity contribution in [2.75, 3.05) is 30.4 Å². The van der Waals surface area contributed by atoms with Crippen LogP contribution in [-0.4, -0.2) is 30.6 Å². The van der Waals surface area contributed by atoms with Gasteiger partial charge in [0.2, 0.25) is 5.91 Å². The summed E-state index contributed by atoms with van der Waals surface area (Å²) in [7, 11) is 0. The van der Waals surface area contributed by atoms with Gasteiger partial charge in [0.05, 0.1) is 18.1 Å². The minimum Gasteiger partial charge on any atom is -0.490 e. The van der Waals surface area contributed by atoms with Crippen molar-refractivity contribution >= 4 is 23.0 Å². The maximum atomic E-state index is 12.1. The zero-order valence-corrected chi connectivity index (χ0v) is 14.8. The fraction of sp³-hybridized carbons (Fsp3) is 0.316. The average molecular weight is 371 g/mol. The number of hydrogen-bond donors (Lipinski definition) is 2. The molecule has 0 aliphatic carbocycles. The molecule has 8 nitrogen and oxygen atoms in total. The Morgan fingerprint density at radius 2 is 1.74 bits per heavy atom. The number of non-ortho nitro benzene ring substituents is 1. The first-order chi connectivity index (χ1) is 13.1. The summed E-state index contributed by atoms with van der Waals surface area (Å²) >= 11 is 0. The van der Waals surface area contributed by atoms with Crippen molar-refractivity contribution in [2.45, 2.75) is 19.3 Å². The largest absolute Gasteiger partial charge is 0.490 e. The van der Waals surface area contributed by atoms with Gasteiger partial charge in [0.1, 0.15) is 0 Å². The van der Waals surface area contributed by atoms with E-state index in [1.807, 2.05) is 0 Å². The highest BCUT2D eigenvalue weighted by Gasteiger charge is 2.12. The number of carbonyl (C=O) groups excluding carboxylic acids is 1. The van der Waals surface area contributed by atoms with Crippen molar-refractivity contribution < 1.29 is 19.2 Å². The van der Waals surface area contributed by atoms with Gasteiger partial charge < -0.3 is 20.1 Å². The van der Waals surface area contributed by atoms with Crippen LogP contribution in [0.2, 0.25) is 0 Å². The Kier molecular flexibility index (Phi) is 6.09. The van der Waals surface area contributed by atoms with E-state index in [0.29, 0.717) is 49.8 Å². The molecule has 0 fully saturated rings. The van der Waals surface area contributed by atoms with Gasteiger partial charge in [-0.05, 0) is 30.7 Å². The minimum atomic E-state index is -0.437. The molecule has 0 saturated carbocycles. The lowest BCUT2D eigenvalue weighted by Crippen LogP contribution is -2.13. The van der Waals surface area contributed by atoms with Crippen LogP contribution in [0.3, 0.4) is 0 Å². The first kappa shape index (κ1) is 18.5. The van der Waals surface area contributed by atoms with E-state index >= 15 is 0 Å². The van der Waals surface area contributed by atoms with Gasteiger partial charge in [-0.3, -0.25) is 14.9 Å². The second kappa shape index (κ2) is 8.88. The molecule has 0 saturated heterocycles. The lowest BCUT2D eigenvalue weighted by atomic mass is 10.2. The van der Waals surface area contributed by atoms with E-state index in [0.717, 1.165) is 12.1 Å². The Labute approximate surface area is 156 Å². The van der Waals surface area contributed by atoms with Crippen molar-refractivity contribution in [1.29, 1.82) is 0 Å². The molecule has 3 rings (SSSR count). The van der Waals surface area contributed by atoms with Crippen molar-refractivity contribution in [3.05, 3.63) is 52.6 Å². The quantitative estimate of drug-likeness (QED) is 0.438. The number of hydrogen-bond acceptors (Lipinski definition) is 6. The van der Waals surface area contributed by atoms with E-state index < -0.39 is 4.92 Å². The predicted molar refractivity (Wildman–Crippen MR) is 101 cm³/mol. The van der Waals surface area contributed by atoms with Crippen molar-refractivity contribution in [3.8, 4) is 11.5 Å². The molecule has 1 aliphatic heterocycles. The normalized spacial score (nSPS) is 12.7. The molecule has 0 unspecified atom stereocenters. The molecule has 0 aromatic heterocycles. The number of fused-ring (bicyclic) bond motifs is 1. The average Bonchev–Trinajstić information content (AvgIpc) is 2.90. The van der Waals surface area contributed by atoms with Crippen LogP contribution in [-0.2, 0) is 4.79 Å². The fourth-order valence-corrected chi connectivity index (χ4v) is 2.65. The summed E-state index contributed by atoms with van der Waals surface area (Å²) in [6.45, 7) is 1.81. The lowest BCUT2D eigenvalue weighted by molar-refractivity contribution is -0.384. The Balaban J connectivity index is 1.42. The summed E-state index contributed by atoms with van der Waals surface area (Å²) in [4.78, 5) is 22.3. The van der Waals surface area contributed by atoms with Gasteiger partial charge in [0.15, 0.2) is 11.5 Å². The third-order valence-corrected chi connectivity index (χ3v) is 4.02. The number of nitrogens with zero attached hydrogens (tertiary/aromatic N) is 1. The van der Waals surface area contributed by atoms with Gasteiger partial charge in [-0.2, -0.15) is 0 Å². The molecule has 1 amide bonds. The van der Waals surface area contributed by atoms with E-state index in [9.17, 15) is 14.9 Å². The molecule has 8 heteroatoms. The van der Waals surface area contributed by atoms with Crippen molar-refractivity contribution in [1.82, 2.24) is 0 Å². The van der Waals surface area contributed by atoms with Crippen LogP contribution < -0.4 is 20.1 Å². The third-order valence-electron chi connectivity index (χ3n) is 4.02. The Hall–Kier alpha value is -3.29. The molecule has 2 aromatic carbocycles. The molecular weight excluding hydrogens is 350 g/mol. The SMILES string of the molecule is O=C(CCCNc1ccc([N+](=O)[O-])cc1)Nc1ccc2c(c1)OCCCO2. The van der Waals surface area contributed by atoms with Gasteiger partial charge in [-0.1, -0.05) is 0 Å². The minimum absolute atomic E-state index is 0.0510. The van der Waals surface area contributed by atoms with E-state index in [4.69, 9.17) is 9.47 Å². The first-order valence-electron chi connectivity index (χ1n) is 8.79. The number of anilines is 2. The Morgan fingerprint density at radius 1 is 1.04 bits per heavy atom. The lowest BCUT2D eigenvalue weighted by Gasteiger charge is -2.11. The molecule has 1 aliphatic rings. The number of carbonyl (C=O) groups is 1. The van der Waals surface area contributed by atoms with Crippen LogP contribution in [0, 0.1) is 10.1 Å². The molecule has 2 N–H and O–H groups in total. The molecule has 2 aromatic rings. The Morgan fingerprint density at radius 3 is 2.48 bits per heavy atom. The zero-order valence-electron chi connectivity index (χ0n) is 14.8. The number of nitro benzene ring substituents is 1. The van der Waals surface area contributed by atoms with Crippen LogP contribution in [0.15, 0.2) is 42.5 Å². The topological polar surface area (TPSA) is 103 Å². The molecule has 0 spiro atoms. The van der Waals surface area contributed by atoms with Crippen molar-refractivity contribution in [3.63, 3.8) is 0 Å². The maximum absolute atomic E-state index is 12.1. The van der Waals surface area contributed by atoms with Crippen LogP contribution in [0.1, 0.15) is 19.3 Å². The van der Waals surface area contributed by atoms with Crippen LogP contribution in [0.4, 0.5) is 17.1 Å². The van der Waals surface area contributed by atoms with Crippen LogP contribution >= 0.6 is 0 Å². The van der Waals surface area contributed by atoms with E-state index in [1.54, 1.807) is 30.3 Å². The monoisotopic (exact) mass is 371 g/mol. The second-order valence-electron chi connectivity index (χ2n) is 6.09. The summed E-state index contributed by atoms with van der Waals surface area (Å²) in [5, 5.41) is 16.6. The highest BCUT2D eigenvalue weighted by Crippen LogP contribution is 2.32. The van der Waals surface area contributed by atoms with Gasteiger partial charge in [-0.25, -0.2) is 0 Å². The highest BCUT2D eigenvalue weighted by atomic mass is 16.6. The number of benzene rings is 2. The number of rotatable bonds is 7. The van der Waals surface area contributed by atoms with Gasteiger partial charge >= 0.3 is 0 Å². The van der Waals surface area contributed by atoms with Crippen LogP contribution in [0.25, 0.3) is 0 Å². The smallest absolute Gasteiger partial charge is 0.269 e. The first-order valence-corrected chi connectivity index (χ1v) is 8.79. The molecule has 27 heavy (non-hydrogen) atoms. The number of nitro groups is 1. The number of nitrogens with one attached hydrogen (secondary N) is 2. The third kappa shape index (κ3) is 5.34. The molecule has 0 bridgehead atoms. The molecule has 0 atom stereocenters. The zero-order chi connectivity index (χ0) is 19.1. The maximum Gasteiger partial charge on any atom is 0.269 e. The summed E-state index contributed by atoms with van der Waals surface area (Å²) in [5.41, 5.74) is 1.51. The molecular formula is C19H21N3O5. The summed E-state index contributed by atoms with van der Waals surface area (Å²) < 4.78 is 11.2. The standard InChI is InChI=1S/C19H21N3O5/c23-19(3-1-10-20-14-4-7-16(8-5-14)22(24)25)21-15-6-9-17-18(13-15)27-12-2-11-26-17/h4-9,13,20H,1-3,10-12H2,(H,21,23). The summed E-state index contributed by atoms with van der Waals surface area (Å²) in [6, 6.07) is 11.5. The van der Waals surface area contributed by atoms with Gasteiger partial charge in [0.25, 0.3) is 5.69 Å². The molecule has 142 valence electrons. The molecule has 1 heterocycles. The molecule has 0 radical (unpaired) electrons. The van der Waals surface area contributed by atoms with E-state index in [-0.39, 0.29) is 11.6 Å². The Bertz CT molecular complexity index is 807. The summed E-state index contributed by atoms with van der Waals surface area (Å²) in [6.07, 6.45) is 1.82. The number of amides is 1. The highest BCUT2D eigenvalue weighted by molar-refractivity contribution is 5.91. The fourth-order valence-electron chi connectivity index (χ4n) is 2.65. The van der Waals surface area contributed by atoms with Gasteiger partial charge in [0, 0.05) is 49.0 Å². The predicted octanol–water partition coefficient (Wildman–Crippen LogP) is 3.59. The summed E-state index contributed by atoms with van der Waals surface area (Å²) in [5.74, 6) is 1.25. The second-order valence-corrected chi connectivity index (χ2v) is 6.09.